The van der Waals surface area contributed by atoms with Crippen LogP contribution in [0.25, 0.3) is 0 Å². The van der Waals surface area contributed by atoms with Crippen molar-refractivity contribution < 1.29 is 20.4 Å². The molecule has 138 valence electrons. The van der Waals surface area contributed by atoms with E-state index in [4.69, 9.17) is 0 Å². The van der Waals surface area contributed by atoms with E-state index in [1.165, 1.54) is 0 Å². The number of fused-ring (bicyclic) bond motifs is 2. The van der Waals surface area contributed by atoms with E-state index < -0.39 is 5.60 Å². The first-order chi connectivity index (χ1) is 11.1. The molecule has 0 amide bonds. The van der Waals surface area contributed by atoms with Crippen LogP contribution in [0.3, 0.4) is 0 Å². The van der Waals surface area contributed by atoms with E-state index in [0.717, 1.165) is 38.5 Å². The van der Waals surface area contributed by atoms with E-state index in [2.05, 4.69) is 20.8 Å². The normalized spacial score (nSPS) is 58.9. The van der Waals surface area contributed by atoms with Crippen LogP contribution in [0.1, 0.15) is 65.7 Å². The predicted octanol–water partition coefficient (Wildman–Crippen LogP) is 2.08. The van der Waals surface area contributed by atoms with Crippen LogP contribution in [0.5, 0.6) is 0 Å². The Kier molecular flexibility index (Phi) is 3.57. The van der Waals surface area contributed by atoms with E-state index in [0.29, 0.717) is 12.3 Å². The van der Waals surface area contributed by atoms with E-state index in [1.54, 1.807) is 0 Å². The zero-order valence-corrected chi connectivity index (χ0v) is 15.3. The summed E-state index contributed by atoms with van der Waals surface area (Å²) < 4.78 is 0. The SMILES string of the molecule is CC1(C)C2C[C@@H](O)[C@H]3C[C@H]4C[C@@]3(CC[C@@]4(O)CO)[C@@]2(C)CC[C@@H]1O. The molecule has 0 heterocycles. The van der Waals surface area contributed by atoms with Crippen molar-refractivity contribution in [2.24, 2.45) is 34.0 Å². The molecule has 0 saturated heterocycles. The summed E-state index contributed by atoms with van der Waals surface area (Å²) in [7, 11) is 0. The fourth-order valence-electron chi connectivity index (χ4n) is 7.82. The summed E-state index contributed by atoms with van der Waals surface area (Å²) in [4.78, 5) is 0. The van der Waals surface area contributed by atoms with Crippen LogP contribution in [0.2, 0.25) is 0 Å². The molecule has 0 aromatic carbocycles. The Morgan fingerprint density at radius 3 is 2.38 bits per heavy atom. The van der Waals surface area contributed by atoms with Crippen molar-refractivity contribution >= 4 is 0 Å². The summed E-state index contributed by atoms with van der Waals surface area (Å²) in [6.45, 7) is 6.57. The Hall–Kier alpha value is -0.160. The van der Waals surface area contributed by atoms with E-state index in [9.17, 15) is 20.4 Å². The van der Waals surface area contributed by atoms with Crippen LogP contribution in [0.4, 0.5) is 0 Å². The highest BCUT2D eigenvalue weighted by Crippen LogP contribution is 2.75. The lowest BCUT2D eigenvalue weighted by Crippen LogP contribution is -2.64. The minimum absolute atomic E-state index is 0.0544. The van der Waals surface area contributed by atoms with Crippen LogP contribution < -0.4 is 0 Å². The van der Waals surface area contributed by atoms with Gasteiger partial charge in [-0.3, -0.25) is 0 Å². The third-order valence-corrected chi connectivity index (χ3v) is 9.44. The summed E-state index contributed by atoms with van der Waals surface area (Å²) in [6.07, 6.45) is 5.25. The highest BCUT2D eigenvalue weighted by Gasteiger charge is 2.71. The molecule has 4 aliphatic rings. The largest absolute Gasteiger partial charge is 0.393 e. The maximum absolute atomic E-state index is 11.0. The molecular formula is C20H34O4. The first-order valence-corrected chi connectivity index (χ1v) is 9.80. The molecule has 1 unspecified atom stereocenters. The number of aliphatic hydroxyl groups excluding tert-OH is 3. The lowest BCUT2D eigenvalue weighted by atomic mass is 9.39. The quantitative estimate of drug-likeness (QED) is 0.590. The van der Waals surface area contributed by atoms with Gasteiger partial charge in [-0.05, 0) is 78.9 Å². The minimum Gasteiger partial charge on any atom is -0.393 e. The third kappa shape index (κ3) is 1.84. The van der Waals surface area contributed by atoms with Crippen molar-refractivity contribution in [3.63, 3.8) is 0 Å². The number of aliphatic hydroxyl groups is 4. The Morgan fingerprint density at radius 1 is 1.00 bits per heavy atom. The molecule has 4 aliphatic carbocycles. The first-order valence-electron chi connectivity index (χ1n) is 9.80. The summed E-state index contributed by atoms with van der Waals surface area (Å²) in [5, 5.41) is 42.2. The van der Waals surface area contributed by atoms with Gasteiger partial charge >= 0.3 is 0 Å². The third-order valence-electron chi connectivity index (χ3n) is 9.44. The van der Waals surface area contributed by atoms with Crippen LogP contribution in [0.15, 0.2) is 0 Å². The Morgan fingerprint density at radius 2 is 1.71 bits per heavy atom. The van der Waals surface area contributed by atoms with Gasteiger partial charge in [-0.2, -0.15) is 0 Å². The van der Waals surface area contributed by atoms with Crippen LogP contribution in [-0.4, -0.2) is 44.8 Å². The topological polar surface area (TPSA) is 80.9 Å². The van der Waals surface area contributed by atoms with Gasteiger partial charge in [0.15, 0.2) is 0 Å². The number of hydrogen-bond donors (Lipinski definition) is 4. The smallest absolute Gasteiger partial charge is 0.0905 e. The van der Waals surface area contributed by atoms with Crippen molar-refractivity contribution in [3.05, 3.63) is 0 Å². The molecule has 0 aliphatic heterocycles. The van der Waals surface area contributed by atoms with Crippen LogP contribution >= 0.6 is 0 Å². The average molecular weight is 338 g/mol. The number of hydrogen-bond acceptors (Lipinski definition) is 4. The Labute approximate surface area is 145 Å². The van der Waals surface area contributed by atoms with Gasteiger partial charge in [0, 0.05) is 0 Å². The van der Waals surface area contributed by atoms with Gasteiger partial charge in [0.25, 0.3) is 0 Å². The van der Waals surface area contributed by atoms with Gasteiger partial charge in [-0.25, -0.2) is 0 Å². The predicted molar refractivity (Wildman–Crippen MR) is 91.2 cm³/mol. The van der Waals surface area contributed by atoms with Gasteiger partial charge in [0.1, 0.15) is 0 Å². The molecule has 24 heavy (non-hydrogen) atoms. The second-order valence-electron chi connectivity index (χ2n) is 10.3. The monoisotopic (exact) mass is 338 g/mol. The Balaban J connectivity index is 1.78. The molecular weight excluding hydrogens is 304 g/mol. The van der Waals surface area contributed by atoms with Crippen molar-refractivity contribution in [3.8, 4) is 0 Å². The van der Waals surface area contributed by atoms with Crippen molar-refractivity contribution in [1.82, 2.24) is 0 Å². The Bertz CT molecular complexity index is 534. The second kappa shape index (κ2) is 4.97. The van der Waals surface area contributed by atoms with Gasteiger partial charge in [0.05, 0.1) is 24.4 Å². The fourth-order valence-corrected chi connectivity index (χ4v) is 7.82. The second-order valence-corrected chi connectivity index (χ2v) is 10.3. The van der Waals surface area contributed by atoms with E-state index in [1.807, 2.05) is 0 Å². The lowest BCUT2D eigenvalue weighted by molar-refractivity contribution is -0.226. The van der Waals surface area contributed by atoms with Crippen molar-refractivity contribution in [2.45, 2.75) is 83.5 Å². The fraction of sp³-hybridized carbons (Fsp3) is 1.00. The average Bonchev–Trinajstić information content (AvgIpc) is 2.90. The maximum Gasteiger partial charge on any atom is 0.0905 e. The van der Waals surface area contributed by atoms with Crippen LogP contribution in [-0.2, 0) is 0 Å². The number of rotatable bonds is 1. The van der Waals surface area contributed by atoms with Crippen molar-refractivity contribution in [1.29, 1.82) is 0 Å². The van der Waals surface area contributed by atoms with Gasteiger partial charge < -0.3 is 20.4 Å². The van der Waals surface area contributed by atoms with E-state index >= 15 is 0 Å². The standard InChI is InChI=1S/C20H34O4/c1-17(2)15-9-14(22)13-8-12-10-19(13,6-7-20(12,24)11-21)18(15,3)5-4-16(17)23/h12-16,21-24H,4-11H2,1-3H3/t12-,13+,14+,15?,16-,18-,19+,20+/m0/s1. The zero-order valence-electron chi connectivity index (χ0n) is 15.3. The molecule has 4 saturated carbocycles. The van der Waals surface area contributed by atoms with Crippen molar-refractivity contribution in [2.75, 3.05) is 6.61 Å². The maximum atomic E-state index is 11.0. The summed E-state index contributed by atoms with van der Waals surface area (Å²) >= 11 is 0. The molecule has 1 spiro atoms. The molecule has 8 atom stereocenters. The van der Waals surface area contributed by atoms with Gasteiger partial charge in [-0.1, -0.05) is 20.8 Å². The lowest BCUT2D eigenvalue weighted by Gasteiger charge is -2.67. The molecule has 4 nitrogen and oxygen atoms in total. The molecule has 0 aromatic rings. The molecule has 4 N–H and O–H groups in total. The summed E-state index contributed by atoms with van der Waals surface area (Å²) in [5.74, 6) is 0.635. The first kappa shape index (κ1) is 17.3. The summed E-state index contributed by atoms with van der Waals surface area (Å²) in [6, 6.07) is 0. The highest BCUT2D eigenvalue weighted by molar-refractivity contribution is 5.20. The zero-order chi connectivity index (χ0) is 17.5. The minimum atomic E-state index is -0.960. The molecule has 2 bridgehead atoms. The highest BCUT2D eigenvalue weighted by atomic mass is 16.3. The molecule has 0 aromatic heterocycles. The molecule has 4 fully saturated rings. The summed E-state index contributed by atoms with van der Waals surface area (Å²) in [5.41, 5.74) is -0.988. The molecule has 4 heteroatoms. The van der Waals surface area contributed by atoms with E-state index in [-0.39, 0.29) is 46.9 Å². The molecule has 4 rings (SSSR count). The van der Waals surface area contributed by atoms with Crippen LogP contribution in [0, 0.1) is 34.0 Å². The van der Waals surface area contributed by atoms with Gasteiger partial charge in [-0.15, -0.1) is 0 Å². The van der Waals surface area contributed by atoms with Gasteiger partial charge in [0.2, 0.25) is 0 Å². The molecule has 0 radical (unpaired) electrons.